The second-order valence-electron chi connectivity index (χ2n) is 5.51. The lowest BCUT2D eigenvalue weighted by Crippen LogP contribution is -2.67. The molecule has 1 rings (SSSR count). The second kappa shape index (κ2) is 4.19. The van der Waals surface area contributed by atoms with Crippen LogP contribution in [-0.2, 0) is 0 Å². The largest absolute Gasteiger partial charge is 0.309 e. The molecular weight excluding hydrogens is 172 g/mol. The van der Waals surface area contributed by atoms with Crippen molar-refractivity contribution in [3.8, 4) is 0 Å². The van der Waals surface area contributed by atoms with Crippen molar-refractivity contribution < 1.29 is 0 Å². The van der Waals surface area contributed by atoms with Crippen molar-refractivity contribution in [1.82, 2.24) is 10.2 Å². The molecule has 0 bridgehead atoms. The van der Waals surface area contributed by atoms with Crippen LogP contribution in [0.15, 0.2) is 0 Å². The van der Waals surface area contributed by atoms with Crippen molar-refractivity contribution in [3.63, 3.8) is 0 Å². The van der Waals surface area contributed by atoms with Gasteiger partial charge in [-0.3, -0.25) is 4.90 Å². The molecule has 0 saturated carbocycles. The number of hydrogen-bond acceptors (Lipinski definition) is 2. The zero-order valence-electron chi connectivity index (χ0n) is 10.5. The van der Waals surface area contributed by atoms with Crippen LogP contribution >= 0.6 is 0 Å². The number of rotatable bonds is 3. The Morgan fingerprint density at radius 2 is 1.86 bits per heavy atom. The zero-order chi connectivity index (χ0) is 10.8. The maximum Gasteiger partial charge on any atom is 0.0304 e. The van der Waals surface area contributed by atoms with Crippen LogP contribution in [-0.4, -0.2) is 35.6 Å². The Kier molecular flexibility index (Phi) is 3.59. The molecule has 1 atom stereocenters. The fraction of sp³-hybridized carbons (Fsp3) is 1.00. The first-order valence-corrected chi connectivity index (χ1v) is 5.93. The van der Waals surface area contributed by atoms with E-state index < -0.39 is 0 Å². The molecule has 1 heterocycles. The van der Waals surface area contributed by atoms with E-state index in [9.17, 15) is 0 Å². The Balaban J connectivity index is 2.70. The minimum absolute atomic E-state index is 0.282. The summed E-state index contributed by atoms with van der Waals surface area (Å²) in [6.45, 7) is 15.1. The van der Waals surface area contributed by atoms with Gasteiger partial charge < -0.3 is 5.32 Å². The number of nitrogens with zero attached hydrogens (tertiary/aromatic N) is 1. The highest BCUT2D eigenvalue weighted by atomic mass is 15.3. The first-order valence-electron chi connectivity index (χ1n) is 5.93. The molecular formula is C12H26N2. The van der Waals surface area contributed by atoms with Gasteiger partial charge in [-0.15, -0.1) is 0 Å². The van der Waals surface area contributed by atoms with Crippen LogP contribution in [0.3, 0.4) is 0 Å². The Morgan fingerprint density at radius 1 is 1.21 bits per heavy atom. The lowest BCUT2D eigenvalue weighted by Gasteiger charge is -2.51. The summed E-state index contributed by atoms with van der Waals surface area (Å²) in [4.78, 5) is 2.66. The lowest BCUT2D eigenvalue weighted by atomic mass is 9.88. The van der Waals surface area contributed by atoms with Gasteiger partial charge in [0.2, 0.25) is 0 Å². The smallest absolute Gasteiger partial charge is 0.0304 e. The van der Waals surface area contributed by atoms with Crippen LogP contribution in [0, 0.1) is 0 Å². The highest BCUT2D eigenvalue weighted by molar-refractivity contribution is 4.98. The van der Waals surface area contributed by atoms with Crippen LogP contribution in [0.2, 0.25) is 0 Å². The van der Waals surface area contributed by atoms with Gasteiger partial charge in [0.05, 0.1) is 0 Å². The van der Waals surface area contributed by atoms with Crippen molar-refractivity contribution in [1.29, 1.82) is 0 Å². The molecule has 0 spiro atoms. The predicted octanol–water partition coefficient (Wildman–Crippen LogP) is 2.25. The van der Waals surface area contributed by atoms with Crippen LogP contribution in [0.1, 0.15) is 47.5 Å². The molecule has 2 heteroatoms. The van der Waals surface area contributed by atoms with E-state index in [-0.39, 0.29) is 5.54 Å². The van der Waals surface area contributed by atoms with E-state index in [0.717, 1.165) is 6.54 Å². The Morgan fingerprint density at radius 3 is 2.36 bits per heavy atom. The lowest BCUT2D eigenvalue weighted by molar-refractivity contribution is 0.0245. The summed E-state index contributed by atoms with van der Waals surface area (Å²) < 4.78 is 0. The minimum Gasteiger partial charge on any atom is -0.309 e. The summed E-state index contributed by atoms with van der Waals surface area (Å²) in [5.74, 6) is 0. The molecule has 0 aromatic heterocycles. The van der Waals surface area contributed by atoms with Crippen LogP contribution in [0.4, 0.5) is 0 Å². The highest BCUT2D eigenvalue weighted by Crippen LogP contribution is 2.26. The third kappa shape index (κ3) is 2.48. The maximum atomic E-state index is 3.65. The predicted molar refractivity (Wildman–Crippen MR) is 62.6 cm³/mol. The summed E-state index contributed by atoms with van der Waals surface area (Å²) in [5, 5.41) is 3.65. The van der Waals surface area contributed by atoms with E-state index in [1.807, 2.05) is 0 Å². The quantitative estimate of drug-likeness (QED) is 0.748. The fourth-order valence-corrected chi connectivity index (χ4v) is 2.23. The molecule has 1 aliphatic heterocycles. The Hall–Kier alpha value is -0.0800. The molecule has 1 unspecified atom stereocenters. The van der Waals surface area contributed by atoms with Crippen LogP contribution < -0.4 is 5.32 Å². The third-order valence-corrected chi connectivity index (χ3v) is 3.55. The number of hydrogen-bond donors (Lipinski definition) is 1. The summed E-state index contributed by atoms with van der Waals surface area (Å²) in [6.07, 6.45) is 2.49. The van der Waals surface area contributed by atoms with E-state index in [4.69, 9.17) is 0 Å². The molecule has 0 aromatic rings. The summed E-state index contributed by atoms with van der Waals surface area (Å²) in [6, 6.07) is 0. The second-order valence-corrected chi connectivity index (χ2v) is 5.51. The average molecular weight is 198 g/mol. The van der Waals surface area contributed by atoms with Crippen LogP contribution in [0.5, 0.6) is 0 Å². The van der Waals surface area contributed by atoms with Gasteiger partial charge in [0, 0.05) is 24.2 Å². The molecule has 1 fully saturated rings. The Bertz CT molecular complexity index is 189. The molecule has 84 valence electrons. The van der Waals surface area contributed by atoms with Gasteiger partial charge in [0.15, 0.2) is 0 Å². The summed E-state index contributed by atoms with van der Waals surface area (Å²) in [7, 11) is 0. The normalized spacial score (nSPS) is 33.2. The van der Waals surface area contributed by atoms with Crippen molar-refractivity contribution in [2.45, 2.75) is 58.5 Å². The average Bonchev–Trinajstić information content (AvgIpc) is 2.12. The molecule has 14 heavy (non-hydrogen) atoms. The van der Waals surface area contributed by atoms with Gasteiger partial charge in [-0.25, -0.2) is 0 Å². The standard InChI is InChI=1S/C12H26N2/c1-6-8-14-10-11(3,4)13-9-12(14,5)7-2/h13H,6-10H2,1-5H3. The maximum absolute atomic E-state index is 3.65. The SMILES string of the molecule is CCCN1CC(C)(C)NCC1(C)CC. The molecule has 2 nitrogen and oxygen atoms in total. The third-order valence-electron chi connectivity index (χ3n) is 3.55. The number of nitrogens with one attached hydrogen (secondary N) is 1. The van der Waals surface area contributed by atoms with Crippen molar-refractivity contribution >= 4 is 0 Å². The van der Waals surface area contributed by atoms with E-state index in [1.165, 1.54) is 25.9 Å². The van der Waals surface area contributed by atoms with Crippen molar-refractivity contribution in [2.24, 2.45) is 0 Å². The van der Waals surface area contributed by atoms with Crippen molar-refractivity contribution in [2.75, 3.05) is 19.6 Å². The monoisotopic (exact) mass is 198 g/mol. The molecule has 0 amide bonds. The van der Waals surface area contributed by atoms with Crippen LogP contribution in [0.25, 0.3) is 0 Å². The van der Waals surface area contributed by atoms with Crippen molar-refractivity contribution in [3.05, 3.63) is 0 Å². The topological polar surface area (TPSA) is 15.3 Å². The number of piperazine rings is 1. The minimum atomic E-state index is 0.282. The van der Waals surface area contributed by atoms with Gasteiger partial charge in [-0.05, 0) is 40.2 Å². The van der Waals surface area contributed by atoms with Gasteiger partial charge in [0.1, 0.15) is 0 Å². The first-order chi connectivity index (χ1) is 6.43. The Labute approximate surface area is 89.1 Å². The molecule has 0 aliphatic carbocycles. The molecule has 1 aliphatic rings. The van der Waals surface area contributed by atoms with Gasteiger partial charge in [-0.1, -0.05) is 13.8 Å². The molecule has 1 saturated heterocycles. The molecule has 0 radical (unpaired) electrons. The summed E-state index contributed by atoms with van der Waals surface area (Å²) in [5.41, 5.74) is 0.648. The zero-order valence-corrected chi connectivity index (χ0v) is 10.5. The molecule has 1 N–H and O–H groups in total. The molecule has 0 aromatic carbocycles. The van der Waals surface area contributed by atoms with E-state index in [2.05, 4.69) is 44.8 Å². The first kappa shape index (κ1) is 12.0. The van der Waals surface area contributed by atoms with E-state index in [1.54, 1.807) is 0 Å². The summed E-state index contributed by atoms with van der Waals surface area (Å²) >= 11 is 0. The fourth-order valence-electron chi connectivity index (χ4n) is 2.23. The highest BCUT2D eigenvalue weighted by Gasteiger charge is 2.38. The van der Waals surface area contributed by atoms with Gasteiger partial charge in [0.25, 0.3) is 0 Å². The van der Waals surface area contributed by atoms with Gasteiger partial charge in [-0.2, -0.15) is 0 Å². The van der Waals surface area contributed by atoms with E-state index in [0.29, 0.717) is 5.54 Å². The van der Waals surface area contributed by atoms with Gasteiger partial charge >= 0.3 is 0 Å². The van der Waals surface area contributed by atoms with E-state index >= 15 is 0 Å².